The maximum Gasteiger partial charge on any atom is 0.279 e. The van der Waals surface area contributed by atoms with Gasteiger partial charge in [-0.1, -0.05) is 41.9 Å². The number of hydrazone groups is 1. The third kappa shape index (κ3) is 5.08. The third-order valence-electron chi connectivity index (χ3n) is 5.30. The molecule has 0 radical (unpaired) electrons. The van der Waals surface area contributed by atoms with Crippen LogP contribution in [0.25, 0.3) is 0 Å². The van der Waals surface area contributed by atoms with E-state index in [1.54, 1.807) is 36.4 Å². The molecule has 1 aliphatic heterocycles. The van der Waals surface area contributed by atoms with Gasteiger partial charge in [-0.25, -0.2) is 12.8 Å². The highest BCUT2D eigenvalue weighted by Crippen LogP contribution is 2.38. The highest BCUT2D eigenvalue weighted by molar-refractivity contribution is 7.92. The van der Waals surface area contributed by atoms with Gasteiger partial charge in [0.2, 0.25) is 10.0 Å². The van der Waals surface area contributed by atoms with Crippen LogP contribution in [-0.2, 0) is 20.0 Å². The van der Waals surface area contributed by atoms with Crippen LogP contribution in [-0.4, -0.2) is 32.7 Å². The van der Waals surface area contributed by atoms with E-state index in [-0.39, 0.29) is 22.1 Å². The Bertz CT molecular complexity index is 1480. The lowest BCUT2D eigenvalue weighted by atomic mass is 9.99. The van der Waals surface area contributed by atoms with Gasteiger partial charge >= 0.3 is 0 Å². The number of hydrogen-bond donors (Lipinski definition) is 1. The molecule has 0 spiro atoms. The molecule has 3 aromatic carbocycles. The molecule has 178 valence electrons. The number of sulfonamides is 2. The summed E-state index contributed by atoms with van der Waals surface area (Å²) in [5.74, 6) is -0.590. The van der Waals surface area contributed by atoms with E-state index < -0.39 is 31.9 Å². The van der Waals surface area contributed by atoms with Gasteiger partial charge in [-0.3, -0.25) is 4.72 Å². The molecule has 34 heavy (non-hydrogen) atoms. The van der Waals surface area contributed by atoms with Gasteiger partial charge in [0.1, 0.15) is 5.82 Å². The van der Waals surface area contributed by atoms with Crippen LogP contribution >= 0.6 is 11.6 Å². The van der Waals surface area contributed by atoms with Crippen molar-refractivity contribution in [1.29, 1.82) is 0 Å². The van der Waals surface area contributed by atoms with Crippen molar-refractivity contribution in [3.8, 4) is 0 Å². The first kappa shape index (κ1) is 24.2. The van der Waals surface area contributed by atoms with Gasteiger partial charge in [-0.15, -0.1) is 0 Å². The Morgan fingerprint density at radius 3 is 2.47 bits per heavy atom. The zero-order valence-corrected chi connectivity index (χ0v) is 20.4. The lowest BCUT2D eigenvalue weighted by molar-refractivity contribution is 0.370. The van der Waals surface area contributed by atoms with Crippen LogP contribution < -0.4 is 4.72 Å². The summed E-state index contributed by atoms with van der Waals surface area (Å²) in [6, 6.07) is 17.3. The molecule has 1 aliphatic rings. The molecule has 7 nitrogen and oxygen atoms in total. The summed E-state index contributed by atoms with van der Waals surface area (Å²) < 4.78 is 68.4. The second-order valence-corrected chi connectivity index (χ2v) is 11.9. The Morgan fingerprint density at radius 1 is 1.03 bits per heavy atom. The van der Waals surface area contributed by atoms with Crippen LogP contribution in [0.5, 0.6) is 0 Å². The van der Waals surface area contributed by atoms with E-state index in [4.69, 9.17) is 11.6 Å². The summed E-state index contributed by atoms with van der Waals surface area (Å²) in [5.41, 5.74) is 1.73. The Morgan fingerprint density at radius 2 is 1.76 bits per heavy atom. The highest BCUT2D eigenvalue weighted by atomic mass is 35.5. The van der Waals surface area contributed by atoms with Crippen molar-refractivity contribution < 1.29 is 21.2 Å². The van der Waals surface area contributed by atoms with E-state index in [9.17, 15) is 21.2 Å². The van der Waals surface area contributed by atoms with Crippen LogP contribution in [0.2, 0.25) is 5.02 Å². The number of rotatable bonds is 7. The zero-order chi connectivity index (χ0) is 24.5. The molecule has 0 bridgehead atoms. The summed E-state index contributed by atoms with van der Waals surface area (Å²) in [6.07, 6.45) is 0.160. The molecule has 0 saturated heterocycles. The molecular weight excluding hydrogens is 501 g/mol. The van der Waals surface area contributed by atoms with Crippen molar-refractivity contribution in [3.63, 3.8) is 0 Å². The largest absolute Gasteiger partial charge is 0.284 e. The van der Waals surface area contributed by atoms with Crippen LogP contribution in [0.1, 0.15) is 30.5 Å². The van der Waals surface area contributed by atoms with Crippen LogP contribution in [0.3, 0.4) is 0 Å². The molecule has 0 fully saturated rings. The molecule has 11 heteroatoms. The Labute approximate surface area is 203 Å². The molecule has 0 aliphatic carbocycles. The molecule has 4 rings (SSSR count). The molecule has 1 atom stereocenters. The predicted octanol–water partition coefficient (Wildman–Crippen LogP) is 4.78. The number of benzene rings is 3. The topological polar surface area (TPSA) is 95.9 Å². The molecule has 0 amide bonds. The number of nitrogens with one attached hydrogen (secondary N) is 1. The van der Waals surface area contributed by atoms with Gasteiger partial charge in [0.05, 0.1) is 22.4 Å². The predicted molar refractivity (Wildman–Crippen MR) is 130 cm³/mol. The molecular formula is C23H21ClFN3O4S2. The van der Waals surface area contributed by atoms with Crippen LogP contribution in [0.15, 0.2) is 82.8 Å². The number of halogens is 2. The standard InChI is InChI=1S/C23H21ClFN3O4S2/c1-2-33(29,30)27-20-10-4-6-16(13-20)22-15-23(17-7-3-9-19(25)12-17)28(26-22)34(31,32)21-11-5-8-18(24)14-21/h3-14,23,27H,2,15H2,1H3/t23-/m0/s1. The molecule has 0 aromatic heterocycles. The fraction of sp³-hybridized carbons (Fsp3) is 0.174. The van der Waals surface area contributed by atoms with E-state index in [1.807, 2.05) is 0 Å². The fourth-order valence-corrected chi connectivity index (χ4v) is 5.96. The molecule has 1 N–H and O–H groups in total. The van der Waals surface area contributed by atoms with Gasteiger partial charge in [0.15, 0.2) is 0 Å². The SMILES string of the molecule is CCS(=O)(=O)Nc1cccc(C2=NN(S(=O)(=O)c3cccc(Cl)c3)[C@H](c3cccc(F)c3)C2)c1. The van der Waals surface area contributed by atoms with Crippen molar-refractivity contribution in [1.82, 2.24) is 4.41 Å². The maximum atomic E-state index is 14.0. The second kappa shape index (κ2) is 9.36. The summed E-state index contributed by atoms with van der Waals surface area (Å²) in [4.78, 5) is -0.0455. The molecule has 0 unspecified atom stereocenters. The summed E-state index contributed by atoms with van der Waals surface area (Å²) >= 11 is 6.01. The molecule has 1 heterocycles. The lowest BCUT2D eigenvalue weighted by Gasteiger charge is -2.23. The Hall–Kier alpha value is -2.95. The van der Waals surface area contributed by atoms with Crippen LogP contribution in [0.4, 0.5) is 10.1 Å². The number of anilines is 1. The molecule has 3 aromatic rings. The minimum Gasteiger partial charge on any atom is -0.284 e. The minimum atomic E-state index is -4.13. The average molecular weight is 522 g/mol. The minimum absolute atomic E-state index is 0.0455. The fourth-order valence-electron chi connectivity index (χ4n) is 3.60. The van der Waals surface area contributed by atoms with Crippen LogP contribution in [0, 0.1) is 5.82 Å². The summed E-state index contributed by atoms with van der Waals surface area (Å²) in [6.45, 7) is 1.52. The summed E-state index contributed by atoms with van der Waals surface area (Å²) in [5, 5.41) is 4.65. The maximum absolute atomic E-state index is 14.0. The first-order valence-corrected chi connectivity index (χ1v) is 13.8. The lowest BCUT2D eigenvalue weighted by Crippen LogP contribution is -2.27. The van der Waals surface area contributed by atoms with Gasteiger partial charge < -0.3 is 0 Å². The van der Waals surface area contributed by atoms with Crippen molar-refractivity contribution >= 4 is 43.0 Å². The number of hydrogen-bond acceptors (Lipinski definition) is 5. The number of nitrogens with zero attached hydrogens (tertiary/aromatic N) is 2. The van der Waals surface area contributed by atoms with Gasteiger partial charge in [0.25, 0.3) is 10.0 Å². The first-order chi connectivity index (χ1) is 16.1. The monoisotopic (exact) mass is 521 g/mol. The van der Waals surface area contributed by atoms with Gasteiger partial charge in [-0.05, 0) is 60.5 Å². The Kier molecular flexibility index (Phi) is 6.66. The van der Waals surface area contributed by atoms with E-state index >= 15 is 0 Å². The van der Waals surface area contributed by atoms with E-state index in [1.165, 1.54) is 43.3 Å². The van der Waals surface area contributed by atoms with E-state index in [0.29, 0.717) is 22.5 Å². The second-order valence-electron chi connectivity index (χ2n) is 7.64. The highest BCUT2D eigenvalue weighted by Gasteiger charge is 2.38. The van der Waals surface area contributed by atoms with Gasteiger partial charge in [0, 0.05) is 17.1 Å². The van der Waals surface area contributed by atoms with E-state index in [0.717, 1.165) is 4.41 Å². The van der Waals surface area contributed by atoms with Gasteiger partial charge in [-0.2, -0.15) is 17.9 Å². The first-order valence-electron chi connectivity index (χ1n) is 10.3. The van der Waals surface area contributed by atoms with Crippen molar-refractivity contribution in [2.45, 2.75) is 24.3 Å². The average Bonchev–Trinajstić information content (AvgIpc) is 3.26. The zero-order valence-electron chi connectivity index (χ0n) is 18.0. The van der Waals surface area contributed by atoms with Crippen molar-refractivity contribution in [2.24, 2.45) is 5.10 Å². The Balaban J connectivity index is 1.78. The normalized spacial score (nSPS) is 16.4. The van der Waals surface area contributed by atoms with E-state index in [2.05, 4.69) is 9.82 Å². The third-order valence-corrected chi connectivity index (χ3v) is 8.52. The van der Waals surface area contributed by atoms with Crippen molar-refractivity contribution in [3.05, 3.63) is 94.8 Å². The van der Waals surface area contributed by atoms with Crippen molar-refractivity contribution in [2.75, 3.05) is 10.5 Å². The quantitative estimate of drug-likeness (QED) is 0.484. The molecule has 0 saturated carbocycles. The summed E-state index contributed by atoms with van der Waals surface area (Å²) in [7, 11) is -7.62. The smallest absolute Gasteiger partial charge is 0.279 e.